The van der Waals surface area contributed by atoms with E-state index in [1.54, 1.807) is 0 Å². The van der Waals surface area contributed by atoms with Crippen LogP contribution in [0.4, 0.5) is 5.13 Å². The maximum atomic E-state index is 12.5. The summed E-state index contributed by atoms with van der Waals surface area (Å²) in [6.07, 6.45) is 6.14. The van der Waals surface area contributed by atoms with Gasteiger partial charge in [0, 0.05) is 18.0 Å². The van der Waals surface area contributed by atoms with Crippen LogP contribution >= 0.6 is 23.1 Å². The minimum absolute atomic E-state index is 0.116. The average molecular weight is 473 g/mol. The molecule has 1 aliphatic rings. The van der Waals surface area contributed by atoms with E-state index in [0.717, 1.165) is 22.1 Å². The summed E-state index contributed by atoms with van der Waals surface area (Å²) in [6, 6.07) is 7.80. The number of hydrogen-bond acceptors (Lipinski definition) is 8. The van der Waals surface area contributed by atoms with Gasteiger partial charge in [-0.05, 0) is 51.0 Å². The molecule has 1 amide bonds. The van der Waals surface area contributed by atoms with Crippen LogP contribution in [0.15, 0.2) is 29.4 Å². The lowest BCUT2D eigenvalue weighted by atomic mass is 9.90. The highest BCUT2D eigenvalue weighted by atomic mass is 32.2. The zero-order valence-corrected chi connectivity index (χ0v) is 20.0. The fourth-order valence-electron chi connectivity index (χ4n) is 3.85. The molecule has 1 aliphatic carbocycles. The molecule has 170 valence electrons. The molecule has 32 heavy (non-hydrogen) atoms. The molecule has 0 atom stereocenters. The molecular weight excluding hydrogens is 444 g/mol. The SMILES string of the molecule is CCOc1ccc(-c2nnc(SCC(=O)Nc3nnc(C4CCCCC4)s3)n2CC)cc1. The normalized spacial score (nSPS) is 14.4. The van der Waals surface area contributed by atoms with Crippen molar-refractivity contribution in [2.45, 2.75) is 63.6 Å². The molecule has 2 heterocycles. The number of anilines is 1. The lowest BCUT2D eigenvalue weighted by molar-refractivity contribution is -0.113. The summed E-state index contributed by atoms with van der Waals surface area (Å²) in [5.41, 5.74) is 0.961. The van der Waals surface area contributed by atoms with Crippen LogP contribution in [0.2, 0.25) is 0 Å². The molecule has 2 aromatic heterocycles. The van der Waals surface area contributed by atoms with E-state index in [1.165, 1.54) is 55.2 Å². The number of nitrogens with one attached hydrogen (secondary N) is 1. The number of carbonyl (C=O) groups excluding carboxylic acids is 1. The third-order valence-electron chi connectivity index (χ3n) is 5.43. The summed E-state index contributed by atoms with van der Waals surface area (Å²) in [5, 5.41) is 22.3. The number of amides is 1. The first-order chi connectivity index (χ1) is 15.7. The molecular formula is C22H28N6O2S2. The van der Waals surface area contributed by atoms with Crippen LogP contribution in [-0.4, -0.2) is 43.2 Å². The van der Waals surface area contributed by atoms with Gasteiger partial charge in [-0.1, -0.05) is 42.4 Å². The number of thioether (sulfide) groups is 1. The maximum absolute atomic E-state index is 12.5. The summed E-state index contributed by atoms with van der Waals surface area (Å²) in [7, 11) is 0. The molecule has 4 rings (SSSR count). The van der Waals surface area contributed by atoms with Gasteiger partial charge in [0.1, 0.15) is 10.8 Å². The Hall–Kier alpha value is -2.46. The lowest BCUT2D eigenvalue weighted by Crippen LogP contribution is -2.14. The van der Waals surface area contributed by atoms with Gasteiger partial charge < -0.3 is 9.30 Å². The molecule has 3 aromatic rings. The van der Waals surface area contributed by atoms with Crippen molar-refractivity contribution in [3.63, 3.8) is 0 Å². The number of nitrogens with zero attached hydrogens (tertiary/aromatic N) is 5. The van der Waals surface area contributed by atoms with Gasteiger partial charge in [0.05, 0.1) is 12.4 Å². The van der Waals surface area contributed by atoms with Gasteiger partial charge in [0.15, 0.2) is 11.0 Å². The summed E-state index contributed by atoms with van der Waals surface area (Å²) in [5.74, 6) is 2.22. The minimum Gasteiger partial charge on any atom is -0.494 e. The quantitative estimate of drug-likeness (QED) is 0.438. The number of hydrogen-bond donors (Lipinski definition) is 1. The van der Waals surface area contributed by atoms with E-state index in [1.807, 2.05) is 42.7 Å². The molecule has 0 spiro atoms. The van der Waals surface area contributed by atoms with Gasteiger partial charge in [0.25, 0.3) is 0 Å². The van der Waals surface area contributed by atoms with Crippen molar-refractivity contribution in [3.8, 4) is 17.1 Å². The Morgan fingerprint density at radius 1 is 1.12 bits per heavy atom. The molecule has 1 N–H and O–H groups in total. The van der Waals surface area contributed by atoms with Crippen LogP contribution in [0.3, 0.4) is 0 Å². The summed E-state index contributed by atoms with van der Waals surface area (Å²) in [4.78, 5) is 12.5. The molecule has 0 aliphatic heterocycles. The molecule has 1 aromatic carbocycles. The van der Waals surface area contributed by atoms with Gasteiger partial charge in [0.2, 0.25) is 11.0 Å². The largest absolute Gasteiger partial charge is 0.494 e. The number of ether oxygens (including phenoxy) is 1. The van der Waals surface area contributed by atoms with Crippen LogP contribution in [-0.2, 0) is 11.3 Å². The van der Waals surface area contributed by atoms with E-state index in [0.29, 0.717) is 29.4 Å². The Balaban J connectivity index is 1.35. The van der Waals surface area contributed by atoms with E-state index in [2.05, 4.69) is 25.7 Å². The molecule has 0 radical (unpaired) electrons. The monoisotopic (exact) mass is 472 g/mol. The van der Waals surface area contributed by atoms with Crippen molar-refractivity contribution in [2.24, 2.45) is 0 Å². The highest BCUT2D eigenvalue weighted by Gasteiger charge is 2.20. The van der Waals surface area contributed by atoms with E-state index in [9.17, 15) is 4.79 Å². The van der Waals surface area contributed by atoms with Crippen LogP contribution in [0.5, 0.6) is 5.75 Å². The summed E-state index contributed by atoms with van der Waals surface area (Å²) in [6.45, 7) is 5.34. The number of benzene rings is 1. The van der Waals surface area contributed by atoms with Gasteiger partial charge in [-0.2, -0.15) is 0 Å². The Morgan fingerprint density at radius 2 is 1.91 bits per heavy atom. The molecule has 8 nitrogen and oxygen atoms in total. The van der Waals surface area contributed by atoms with Crippen molar-refractivity contribution in [1.82, 2.24) is 25.0 Å². The zero-order valence-electron chi connectivity index (χ0n) is 18.4. The number of rotatable bonds is 9. The van der Waals surface area contributed by atoms with Gasteiger partial charge >= 0.3 is 0 Å². The predicted octanol–water partition coefficient (Wildman–Crippen LogP) is 4.99. The Kier molecular flexibility index (Phi) is 7.75. The van der Waals surface area contributed by atoms with E-state index in [4.69, 9.17) is 4.74 Å². The minimum atomic E-state index is -0.116. The van der Waals surface area contributed by atoms with Gasteiger partial charge in [-0.15, -0.1) is 20.4 Å². The fraction of sp³-hybridized carbons (Fsp3) is 0.500. The Labute approximate surface area is 196 Å². The summed E-state index contributed by atoms with van der Waals surface area (Å²) < 4.78 is 7.52. The second-order valence-corrected chi connectivity index (χ2v) is 9.58. The first-order valence-electron chi connectivity index (χ1n) is 11.1. The van der Waals surface area contributed by atoms with E-state index < -0.39 is 0 Å². The lowest BCUT2D eigenvalue weighted by Gasteiger charge is -2.18. The van der Waals surface area contributed by atoms with Crippen LogP contribution in [0.1, 0.15) is 56.9 Å². The molecule has 1 fully saturated rings. The summed E-state index contributed by atoms with van der Waals surface area (Å²) >= 11 is 2.87. The Bertz CT molecular complexity index is 1030. The standard InChI is InChI=1S/C22H28N6O2S2/c1-3-28-19(15-10-12-17(13-11-15)30-4-2)24-27-22(28)31-14-18(29)23-21-26-25-20(32-21)16-8-6-5-7-9-16/h10-13,16H,3-9,14H2,1-2H3,(H,23,26,29). The van der Waals surface area contributed by atoms with Crippen molar-refractivity contribution >= 4 is 34.1 Å². The maximum Gasteiger partial charge on any atom is 0.236 e. The molecule has 0 unspecified atom stereocenters. The fourth-order valence-corrected chi connectivity index (χ4v) is 5.58. The van der Waals surface area contributed by atoms with E-state index >= 15 is 0 Å². The molecule has 1 saturated carbocycles. The predicted molar refractivity (Wildman–Crippen MR) is 127 cm³/mol. The van der Waals surface area contributed by atoms with Crippen molar-refractivity contribution in [2.75, 3.05) is 17.7 Å². The first-order valence-corrected chi connectivity index (χ1v) is 12.9. The van der Waals surface area contributed by atoms with Crippen LogP contribution < -0.4 is 10.1 Å². The van der Waals surface area contributed by atoms with Crippen LogP contribution in [0, 0.1) is 0 Å². The van der Waals surface area contributed by atoms with Crippen molar-refractivity contribution in [3.05, 3.63) is 29.3 Å². The topological polar surface area (TPSA) is 94.8 Å². The zero-order chi connectivity index (χ0) is 22.3. The highest BCUT2D eigenvalue weighted by Crippen LogP contribution is 2.35. The highest BCUT2D eigenvalue weighted by molar-refractivity contribution is 7.99. The third kappa shape index (κ3) is 5.47. The van der Waals surface area contributed by atoms with Gasteiger partial charge in [-0.3, -0.25) is 10.1 Å². The van der Waals surface area contributed by atoms with Gasteiger partial charge in [-0.25, -0.2) is 0 Å². The van der Waals surface area contributed by atoms with Crippen molar-refractivity contribution < 1.29 is 9.53 Å². The molecule has 0 saturated heterocycles. The van der Waals surface area contributed by atoms with Crippen molar-refractivity contribution in [1.29, 1.82) is 0 Å². The second kappa shape index (κ2) is 10.9. The smallest absolute Gasteiger partial charge is 0.236 e. The molecule has 0 bridgehead atoms. The average Bonchev–Trinajstić information content (AvgIpc) is 3.46. The Morgan fingerprint density at radius 3 is 2.62 bits per heavy atom. The first kappa shape index (κ1) is 22.7. The second-order valence-electron chi connectivity index (χ2n) is 7.63. The third-order valence-corrected chi connectivity index (χ3v) is 7.40. The number of aromatic nitrogens is 5. The van der Waals surface area contributed by atoms with E-state index in [-0.39, 0.29) is 11.7 Å². The van der Waals surface area contributed by atoms with Crippen LogP contribution in [0.25, 0.3) is 11.4 Å². The molecule has 10 heteroatoms. The number of carbonyl (C=O) groups is 1.